The lowest BCUT2D eigenvalue weighted by molar-refractivity contribution is -0.244. The zero-order valence-corrected chi connectivity index (χ0v) is 24.8. The quantitative estimate of drug-likeness (QED) is 0.147. The summed E-state index contributed by atoms with van der Waals surface area (Å²) < 4.78 is 17.9. The van der Waals surface area contributed by atoms with Crippen molar-refractivity contribution in [1.82, 2.24) is 0 Å². The van der Waals surface area contributed by atoms with E-state index in [2.05, 4.69) is 6.58 Å². The van der Waals surface area contributed by atoms with Gasteiger partial charge >= 0.3 is 17.9 Å². The van der Waals surface area contributed by atoms with Crippen LogP contribution in [0, 0.1) is 34.0 Å². The van der Waals surface area contributed by atoms with Crippen molar-refractivity contribution in [2.45, 2.75) is 51.7 Å². The lowest BCUT2D eigenvalue weighted by atomic mass is 9.43. The molecule has 1 aromatic rings. The summed E-state index contributed by atoms with van der Waals surface area (Å²) in [5.74, 6) is -2.80. The molecule has 0 unspecified atom stereocenters. The molecule has 3 aliphatic carbocycles. The molecule has 2 saturated heterocycles. The fraction of sp³-hybridized carbons (Fsp3) is 0.613. The number of rotatable bonds is 7. The van der Waals surface area contributed by atoms with Gasteiger partial charge in [0, 0.05) is 36.5 Å². The maximum atomic E-state index is 14.1. The number of halogens is 2. The summed E-state index contributed by atoms with van der Waals surface area (Å²) in [5, 5.41) is 0. The van der Waals surface area contributed by atoms with Crippen LogP contribution in [-0.4, -0.2) is 67.4 Å². The number of anilines is 1. The number of carbonyl (C=O) groups excluding carboxylic acids is 4. The topological polar surface area (TPSA) is 99.2 Å². The SMILES string of the molecule is C=C1C(=O)[C@@]23C(=O)O[C@H]4CCC(C)(C)[C@H]5C(=O)OC[C@@]45[C@@H]2CC[C@@H]1[C@H]3OC(=O)c1ccc(N(CCCl)CCCl)cc1. The molecule has 220 valence electrons. The number of cyclic esters (lactones) is 1. The van der Waals surface area contributed by atoms with Gasteiger partial charge in [0.25, 0.3) is 0 Å². The Labute approximate surface area is 249 Å². The minimum atomic E-state index is -1.75. The smallest absolute Gasteiger partial charge is 0.338 e. The molecule has 1 aromatic carbocycles. The summed E-state index contributed by atoms with van der Waals surface area (Å²) in [6.45, 7) is 9.41. The molecule has 6 rings (SSSR count). The average molecular weight is 605 g/mol. The van der Waals surface area contributed by atoms with E-state index in [1.54, 1.807) is 24.3 Å². The fourth-order valence-electron chi connectivity index (χ4n) is 8.85. The van der Waals surface area contributed by atoms with Crippen molar-refractivity contribution in [2.24, 2.45) is 34.0 Å². The second-order valence-electron chi connectivity index (χ2n) is 12.8. The molecule has 10 heteroatoms. The van der Waals surface area contributed by atoms with E-state index in [-0.39, 0.29) is 23.7 Å². The molecule has 2 spiro atoms. The van der Waals surface area contributed by atoms with E-state index < -0.39 is 63.9 Å². The number of carbonyl (C=O) groups is 4. The summed E-state index contributed by atoms with van der Waals surface area (Å²) in [4.78, 5) is 56.9. The lowest BCUT2D eigenvalue weighted by Crippen LogP contribution is -2.71. The van der Waals surface area contributed by atoms with Crippen molar-refractivity contribution < 1.29 is 33.4 Å². The van der Waals surface area contributed by atoms with Gasteiger partial charge in [-0.2, -0.15) is 0 Å². The first-order valence-electron chi connectivity index (χ1n) is 14.3. The van der Waals surface area contributed by atoms with E-state index >= 15 is 0 Å². The lowest BCUT2D eigenvalue weighted by Gasteiger charge is -2.61. The molecular formula is C31H35Cl2NO7. The Morgan fingerprint density at radius 3 is 2.41 bits per heavy atom. The van der Waals surface area contributed by atoms with Crippen LogP contribution in [0.4, 0.5) is 5.69 Å². The third-order valence-corrected chi connectivity index (χ3v) is 10.9. The molecule has 8 nitrogen and oxygen atoms in total. The van der Waals surface area contributed by atoms with Crippen LogP contribution in [0.3, 0.4) is 0 Å². The molecule has 0 radical (unpaired) electrons. The molecule has 5 fully saturated rings. The molecule has 2 bridgehead atoms. The fourth-order valence-corrected chi connectivity index (χ4v) is 9.26. The van der Waals surface area contributed by atoms with Gasteiger partial charge in [-0.15, -0.1) is 23.2 Å². The van der Waals surface area contributed by atoms with Crippen LogP contribution in [0.1, 0.15) is 49.9 Å². The van der Waals surface area contributed by atoms with Gasteiger partial charge in [0.2, 0.25) is 0 Å². The highest BCUT2D eigenvalue weighted by molar-refractivity contribution is 6.19. The van der Waals surface area contributed by atoms with E-state index in [4.69, 9.17) is 37.4 Å². The van der Waals surface area contributed by atoms with Crippen molar-refractivity contribution in [3.63, 3.8) is 0 Å². The van der Waals surface area contributed by atoms with Crippen molar-refractivity contribution in [1.29, 1.82) is 0 Å². The Bertz CT molecular complexity index is 1310. The standard InChI is InChI=1S/C31H35Cl2NO7/c1-17-20-8-9-21-30-16-39-27(37)23(30)29(2,3)11-10-22(30)40-28(38)31(21,24(17)35)25(20)41-26(36)18-4-6-19(7-5-18)34(14-12-32)15-13-33/h4-7,20-23,25H,1,8-16H2,2-3H3/t20-,21-,22-,23+,25+,30+,31-/m0/s1. The molecule has 41 heavy (non-hydrogen) atoms. The molecule has 0 amide bonds. The number of nitrogens with zero attached hydrogens (tertiary/aromatic N) is 1. The van der Waals surface area contributed by atoms with Crippen LogP contribution in [0.25, 0.3) is 0 Å². The normalized spacial score (nSPS) is 36.5. The van der Waals surface area contributed by atoms with Gasteiger partial charge in [-0.1, -0.05) is 20.4 Å². The molecule has 0 aromatic heterocycles. The summed E-state index contributed by atoms with van der Waals surface area (Å²) >= 11 is 11.9. The predicted molar refractivity (Wildman–Crippen MR) is 152 cm³/mol. The number of hydrogen-bond donors (Lipinski definition) is 0. The highest BCUT2D eigenvalue weighted by Gasteiger charge is 2.81. The number of Topliss-reactive ketones (excluding diaryl/α,β-unsaturated/α-hetero) is 1. The number of esters is 3. The first-order chi connectivity index (χ1) is 19.5. The third-order valence-electron chi connectivity index (χ3n) is 10.6. The molecule has 3 saturated carbocycles. The van der Waals surface area contributed by atoms with Crippen LogP contribution in [0.2, 0.25) is 0 Å². The van der Waals surface area contributed by atoms with Crippen LogP contribution >= 0.6 is 23.2 Å². The summed E-state index contributed by atoms with van der Waals surface area (Å²) in [6.07, 6.45) is 0.699. The van der Waals surface area contributed by atoms with Crippen LogP contribution in [-0.2, 0) is 28.6 Å². The van der Waals surface area contributed by atoms with Crippen molar-refractivity contribution in [3.8, 4) is 0 Å². The second kappa shape index (κ2) is 10.0. The van der Waals surface area contributed by atoms with E-state index in [1.807, 2.05) is 18.7 Å². The number of hydrogen-bond acceptors (Lipinski definition) is 8. The number of ether oxygens (including phenoxy) is 3. The van der Waals surface area contributed by atoms with E-state index in [1.165, 1.54) is 0 Å². The zero-order valence-electron chi connectivity index (χ0n) is 23.3. The Kier molecular flexibility index (Phi) is 6.97. The molecular weight excluding hydrogens is 569 g/mol. The maximum Gasteiger partial charge on any atom is 0.338 e. The van der Waals surface area contributed by atoms with Crippen molar-refractivity contribution in [3.05, 3.63) is 42.0 Å². The van der Waals surface area contributed by atoms with Crippen molar-refractivity contribution >= 4 is 52.6 Å². The minimum Gasteiger partial charge on any atom is -0.465 e. The molecule has 7 atom stereocenters. The van der Waals surface area contributed by atoms with E-state index in [9.17, 15) is 19.2 Å². The summed E-state index contributed by atoms with van der Waals surface area (Å²) in [5.41, 5.74) is -1.58. The van der Waals surface area contributed by atoms with Gasteiger partial charge in [-0.05, 0) is 66.9 Å². The van der Waals surface area contributed by atoms with Crippen LogP contribution < -0.4 is 4.90 Å². The second-order valence-corrected chi connectivity index (χ2v) is 13.5. The number of ketones is 1. The third kappa shape index (κ3) is 3.85. The molecule has 2 aliphatic heterocycles. The Balaban J connectivity index is 1.36. The number of benzene rings is 1. The minimum absolute atomic E-state index is 0.0813. The Morgan fingerprint density at radius 2 is 1.76 bits per heavy atom. The number of fused-ring (bicyclic) bond motifs is 1. The van der Waals surface area contributed by atoms with Crippen LogP contribution in [0.15, 0.2) is 36.4 Å². The first-order valence-corrected chi connectivity index (χ1v) is 15.4. The molecule has 5 aliphatic rings. The van der Waals surface area contributed by atoms with Gasteiger partial charge in [-0.3, -0.25) is 14.4 Å². The highest BCUT2D eigenvalue weighted by Crippen LogP contribution is 2.71. The highest BCUT2D eigenvalue weighted by atomic mass is 35.5. The van der Waals surface area contributed by atoms with Gasteiger partial charge in [0.15, 0.2) is 11.2 Å². The van der Waals surface area contributed by atoms with Gasteiger partial charge < -0.3 is 19.1 Å². The summed E-state index contributed by atoms with van der Waals surface area (Å²) in [6, 6.07) is 6.90. The van der Waals surface area contributed by atoms with Gasteiger partial charge in [0.05, 0.1) is 16.9 Å². The Hall–Kier alpha value is -2.58. The Morgan fingerprint density at radius 1 is 1.07 bits per heavy atom. The van der Waals surface area contributed by atoms with E-state index in [0.717, 1.165) is 5.69 Å². The molecule has 0 N–H and O–H groups in total. The average Bonchev–Trinajstić information content (AvgIpc) is 3.36. The van der Waals surface area contributed by atoms with Crippen LogP contribution in [0.5, 0.6) is 0 Å². The maximum absolute atomic E-state index is 14.1. The first kappa shape index (κ1) is 28.5. The van der Waals surface area contributed by atoms with Crippen molar-refractivity contribution in [2.75, 3.05) is 36.4 Å². The van der Waals surface area contributed by atoms with Gasteiger partial charge in [-0.25, -0.2) is 4.79 Å². The molecule has 2 heterocycles. The van der Waals surface area contributed by atoms with Gasteiger partial charge in [0.1, 0.15) is 18.8 Å². The largest absolute Gasteiger partial charge is 0.465 e. The zero-order chi connectivity index (χ0) is 29.3. The predicted octanol–water partition coefficient (Wildman–Crippen LogP) is 4.55. The van der Waals surface area contributed by atoms with E-state index in [0.29, 0.717) is 50.5 Å². The monoisotopic (exact) mass is 603 g/mol. The number of alkyl halides is 2. The summed E-state index contributed by atoms with van der Waals surface area (Å²) in [7, 11) is 0.